The highest BCUT2D eigenvalue weighted by Crippen LogP contribution is 2.25. The number of aromatic carboxylic acids is 1. The van der Waals surface area contributed by atoms with Crippen LogP contribution in [0.5, 0.6) is 0 Å². The first-order valence-electron chi connectivity index (χ1n) is 5.38. The number of aryl methyl sites for hydroxylation is 1. The van der Waals surface area contributed by atoms with Crippen LogP contribution in [0.25, 0.3) is 0 Å². The number of hydrogen-bond donors (Lipinski definition) is 3. The molecular weight excluding hydrogens is 253 g/mol. The Kier molecular flexibility index (Phi) is 3.32. The number of nitrogens with two attached hydrogens (primary N) is 1. The van der Waals surface area contributed by atoms with Gasteiger partial charge in [-0.25, -0.2) is 9.18 Å². The van der Waals surface area contributed by atoms with Crippen LogP contribution in [0.3, 0.4) is 0 Å². The summed E-state index contributed by atoms with van der Waals surface area (Å²) >= 11 is 0. The highest BCUT2D eigenvalue weighted by molar-refractivity contribution is 6.00. The number of anilines is 2. The monoisotopic (exact) mass is 265 g/mol. The fraction of sp³-hybridized carbons (Fsp3) is 0.182. The number of rotatable bonds is 4. The number of benzene rings is 1. The van der Waals surface area contributed by atoms with Crippen molar-refractivity contribution in [2.24, 2.45) is 7.05 Å². The molecule has 4 N–H and O–H groups in total. The van der Waals surface area contributed by atoms with Crippen LogP contribution >= 0.6 is 0 Å². The SMILES string of the molecule is Cn1cnnc1CNc1ccc(F)c(N)c1C(=O)O. The Balaban J connectivity index is 2.28. The van der Waals surface area contributed by atoms with E-state index >= 15 is 0 Å². The van der Waals surface area contributed by atoms with Crippen LogP contribution in [0, 0.1) is 5.82 Å². The number of aromatic nitrogens is 3. The second-order valence-electron chi connectivity index (χ2n) is 3.90. The molecule has 0 fully saturated rings. The summed E-state index contributed by atoms with van der Waals surface area (Å²) in [6, 6.07) is 2.44. The van der Waals surface area contributed by atoms with E-state index in [1.54, 1.807) is 11.6 Å². The van der Waals surface area contributed by atoms with Crippen LogP contribution in [0.1, 0.15) is 16.2 Å². The minimum absolute atomic E-state index is 0.231. The number of carboxylic acid groups (broad SMARTS) is 1. The minimum atomic E-state index is -1.29. The van der Waals surface area contributed by atoms with Gasteiger partial charge < -0.3 is 20.7 Å². The molecule has 0 aliphatic rings. The van der Waals surface area contributed by atoms with Crippen LogP contribution < -0.4 is 11.1 Å². The van der Waals surface area contributed by atoms with E-state index in [2.05, 4.69) is 15.5 Å². The largest absolute Gasteiger partial charge is 0.478 e. The third-order valence-electron chi connectivity index (χ3n) is 2.65. The van der Waals surface area contributed by atoms with Crippen LogP contribution in [-0.2, 0) is 13.6 Å². The molecule has 0 amide bonds. The smallest absolute Gasteiger partial charge is 0.340 e. The molecule has 8 heteroatoms. The highest BCUT2D eigenvalue weighted by atomic mass is 19.1. The van der Waals surface area contributed by atoms with Gasteiger partial charge in [0.1, 0.15) is 17.7 Å². The second-order valence-corrected chi connectivity index (χ2v) is 3.90. The molecule has 0 aliphatic carbocycles. The maximum absolute atomic E-state index is 13.3. The van der Waals surface area contributed by atoms with Gasteiger partial charge in [0, 0.05) is 7.05 Å². The topological polar surface area (TPSA) is 106 Å². The van der Waals surface area contributed by atoms with E-state index in [0.29, 0.717) is 5.82 Å². The molecule has 2 rings (SSSR count). The Morgan fingerprint density at radius 3 is 2.89 bits per heavy atom. The number of carbonyl (C=O) groups is 1. The maximum Gasteiger partial charge on any atom is 0.340 e. The lowest BCUT2D eigenvalue weighted by molar-refractivity contribution is 0.0698. The molecule has 0 saturated carbocycles. The quantitative estimate of drug-likeness (QED) is 0.707. The summed E-state index contributed by atoms with van der Waals surface area (Å²) in [5.74, 6) is -1.45. The summed E-state index contributed by atoms with van der Waals surface area (Å²) in [7, 11) is 1.76. The second kappa shape index (κ2) is 4.92. The fourth-order valence-corrected chi connectivity index (χ4v) is 1.61. The van der Waals surface area contributed by atoms with Crippen molar-refractivity contribution < 1.29 is 14.3 Å². The van der Waals surface area contributed by atoms with Crippen molar-refractivity contribution in [2.75, 3.05) is 11.1 Å². The standard InChI is InChI=1S/C11H12FN5O2/c1-17-5-15-16-8(17)4-14-7-3-2-6(12)10(13)9(7)11(18)19/h2-3,5,14H,4,13H2,1H3,(H,18,19). The van der Waals surface area contributed by atoms with Crippen molar-refractivity contribution in [2.45, 2.75) is 6.54 Å². The van der Waals surface area contributed by atoms with E-state index in [0.717, 1.165) is 6.07 Å². The first-order chi connectivity index (χ1) is 9.00. The van der Waals surface area contributed by atoms with E-state index in [-0.39, 0.29) is 17.8 Å². The van der Waals surface area contributed by atoms with E-state index in [1.807, 2.05) is 0 Å². The van der Waals surface area contributed by atoms with Gasteiger partial charge in [-0.3, -0.25) is 0 Å². The van der Waals surface area contributed by atoms with Gasteiger partial charge in [0.25, 0.3) is 0 Å². The van der Waals surface area contributed by atoms with Crippen LogP contribution in [0.2, 0.25) is 0 Å². The van der Waals surface area contributed by atoms with Gasteiger partial charge in [0.15, 0.2) is 5.82 Å². The molecule has 1 heterocycles. The van der Waals surface area contributed by atoms with Gasteiger partial charge in [0.2, 0.25) is 0 Å². The lowest BCUT2D eigenvalue weighted by atomic mass is 10.1. The predicted octanol–water partition coefficient (Wildman–Crippen LogP) is 0.847. The van der Waals surface area contributed by atoms with E-state index in [1.165, 1.54) is 12.4 Å². The fourth-order valence-electron chi connectivity index (χ4n) is 1.61. The van der Waals surface area contributed by atoms with Crippen molar-refractivity contribution >= 4 is 17.3 Å². The molecule has 1 aromatic heterocycles. The predicted molar refractivity (Wildman–Crippen MR) is 66.1 cm³/mol. The van der Waals surface area contributed by atoms with Crippen molar-refractivity contribution in [1.29, 1.82) is 0 Å². The molecule has 0 saturated heterocycles. The normalized spacial score (nSPS) is 10.4. The summed E-state index contributed by atoms with van der Waals surface area (Å²) in [5.41, 5.74) is 4.98. The van der Waals surface area contributed by atoms with E-state index in [9.17, 15) is 9.18 Å². The maximum atomic E-state index is 13.3. The summed E-state index contributed by atoms with van der Waals surface area (Å²) in [5, 5.41) is 19.5. The molecule has 100 valence electrons. The van der Waals surface area contributed by atoms with Crippen molar-refractivity contribution in [1.82, 2.24) is 14.8 Å². The molecular formula is C11H12FN5O2. The number of halogens is 1. The minimum Gasteiger partial charge on any atom is -0.478 e. The van der Waals surface area contributed by atoms with Gasteiger partial charge >= 0.3 is 5.97 Å². The van der Waals surface area contributed by atoms with Crippen molar-refractivity contribution in [3.8, 4) is 0 Å². The van der Waals surface area contributed by atoms with Crippen LogP contribution in [-0.4, -0.2) is 25.8 Å². The molecule has 19 heavy (non-hydrogen) atoms. The number of nitrogens with one attached hydrogen (secondary N) is 1. The Bertz CT molecular complexity index is 626. The zero-order valence-corrected chi connectivity index (χ0v) is 10.1. The van der Waals surface area contributed by atoms with Gasteiger partial charge in [-0.2, -0.15) is 0 Å². The molecule has 0 unspecified atom stereocenters. The van der Waals surface area contributed by atoms with Crippen LogP contribution in [0.15, 0.2) is 18.5 Å². The van der Waals surface area contributed by atoms with Gasteiger partial charge in [-0.1, -0.05) is 0 Å². The van der Waals surface area contributed by atoms with Gasteiger partial charge in [-0.05, 0) is 12.1 Å². The van der Waals surface area contributed by atoms with Crippen molar-refractivity contribution in [3.63, 3.8) is 0 Å². The highest BCUT2D eigenvalue weighted by Gasteiger charge is 2.17. The lowest BCUT2D eigenvalue weighted by Gasteiger charge is -2.11. The van der Waals surface area contributed by atoms with E-state index < -0.39 is 17.5 Å². The summed E-state index contributed by atoms with van der Waals surface area (Å²) in [4.78, 5) is 11.1. The molecule has 1 aromatic carbocycles. The summed E-state index contributed by atoms with van der Waals surface area (Å²) < 4.78 is 14.9. The molecule has 0 radical (unpaired) electrons. The first kappa shape index (κ1) is 12.8. The zero-order valence-electron chi connectivity index (χ0n) is 10.1. The Morgan fingerprint density at radius 2 is 2.32 bits per heavy atom. The Labute approximate surface area is 107 Å². The average molecular weight is 265 g/mol. The average Bonchev–Trinajstić information content (AvgIpc) is 2.76. The summed E-state index contributed by atoms with van der Waals surface area (Å²) in [6.45, 7) is 0.252. The lowest BCUT2D eigenvalue weighted by Crippen LogP contribution is -2.12. The van der Waals surface area contributed by atoms with Crippen LogP contribution in [0.4, 0.5) is 15.8 Å². The number of hydrogen-bond acceptors (Lipinski definition) is 5. The number of carboxylic acids is 1. The summed E-state index contributed by atoms with van der Waals surface area (Å²) in [6.07, 6.45) is 1.52. The third-order valence-corrected chi connectivity index (χ3v) is 2.65. The number of nitrogen functional groups attached to an aromatic ring is 1. The van der Waals surface area contributed by atoms with Crippen molar-refractivity contribution in [3.05, 3.63) is 35.7 Å². The molecule has 0 bridgehead atoms. The van der Waals surface area contributed by atoms with Gasteiger partial charge in [0.05, 0.1) is 17.9 Å². The molecule has 7 nitrogen and oxygen atoms in total. The molecule has 2 aromatic rings. The first-order valence-corrected chi connectivity index (χ1v) is 5.38. The Hall–Kier alpha value is -2.64. The number of nitrogens with zero attached hydrogens (tertiary/aromatic N) is 3. The van der Waals surface area contributed by atoms with E-state index in [4.69, 9.17) is 10.8 Å². The zero-order chi connectivity index (χ0) is 14.0. The van der Waals surface area contributed by atoms with Gasteiger partial charge in [-0.15, -0.1) is 10.2 Å². The molecule has 0 aliphatic heterocycles. The third kappa shape index (κ3) is 2.46. The molecule has 0 spiro atoms. The Morgan fingerprint density at radius 1 is 1.58 bits per heavy atom. The molecule has 0 atom stereocenters.